The zero-order valence-electron chi connectivity index (χ0n) is 7.98. The highest BCUT2D eigenvalue weighted by Gasteiger charge is 2.10. The minimum Gasteiger partial charge on any atom is -0.393 e. The van der Waals surface area contributed by atoms with E-state index in [4.69, 9.17) is 5.11 Å². The van der Waals surface area contributed by atoms with Crippen molar-refractivity contribution in [1.29, 1.82) is 0 Å². The molecular weight excluding hydrogens is 176 g/mol. The molecule has 0 radical (unpaired) electrons. The van der Waals surface area contributed by atoms with Gasteiger partial charge in [-0.2, -0.15) is 0 Å². The molecule has 1 unspecified atom stereocenters. The third-order valence-corrected chi connectivity index (χ3v) is 2.63. The van der Waals surface area contributed by atoms with E-state index in [-0.39, 0.29) is 6.61 Å². The molecule has 0 bridgehead atoms. The molecule has 1 atom stereocenters. The average molecular weight is 190 g/mol. The van der Waals surface area contributed by atoms with Crippen LogP contribution < -0.4 is 0 Å². The minimum atomic E-state index is -0.744. The molecule has 0 aliphatic heterocycles. The predicted octanol–water partition coefficient (Wildman–Crippen LogP) is 1.37. The maximum absolute atomic E-state index is 9.46. The van der Waals surface area contributed by atoms with Crippen molar-refractivity contribution in [2.45, 2.75) is 18.9 Å². The van der Waals surface area contributed by atoms with Gasteiger partial charge < -0.3 is 10.2 Å². The second kappa shape index (κ2) is 3.95. The molecule has 1 aliphatic carbocycles. The number of rotatable bonds is 2. The molecule has 1 aromatic rings. The van der Waals surface area contributed by atoms with Crippen LogP contribution in [-0.2, 0) is 12.8 Å². The molecular formula is C12H14O2. The molecule has 0 amide bonds. The van der Waals surface area contributed by atoms with Gasteiger partial charge in [0.2, 0.25) is 0 Å². The number of fused-ring (bicyclic) bond motifs is 1. The van der Waals surface area contributed by atoms with Crippen molar-refractivity contribution in [2.75, 3.05) is 6.61 Å². The highest BCUT2D eigenvalue weighted by molar-refractivity contribution is 5.37. The number of benzene rings is 1. The summed E-state index contributed by atoms with van der Waals surface area (Å²) in [5, 5.41) is 18.3. The van der Waals surface area contributed by atoms with Gasteiger partial charge in [-0.15, -0.1) is 0 Å². The van der Waals surface area contributed by atoms with E-state index in [2.05, 4.69) is 12.2 Å². The highest BCUT2D eigenvalue weighted by Crippen LogP contribution is 2.21. The van der Waals surface area contributed by atoms with E-state index in [1.54, 1.807) is 0 Å². The summed E-state index contributed by atoms with van der Waals surface area (Å²) in [7, 11) is 0. The molecule has 1 aromatic carbocycles. The van der Waals surface area contributed by atoms with Crippen LogP contribution in [-0.4, -0.2) is 16.8 Å². The minimum absolute atomic E-state index is 0.214. The molecule has 2 heteroatoms. The molecule has 74 valence electrons. The lowest BCUT2D eigenvalue weighted by molar-refractivity contribution is 0.0955. The first-order chi connectivity index (χ1) is 6.81. The Hall–Kier alpha value is -1.12. The summed E-state index contributed by atoms with van der Waals surface area (Å²) in [6.07, 6.45) is 5.46. The van der Waals surface area contributed by atoms with Gasteiger partial charge in [0.15, 0.2) is 0 Å². The van der Waals surface area contributed by atoms with E-state index in [1.165, 1.54) is 11.1 Å². The Morgan fingerprint density at radius 3 is 2.57 bits per heavy atom. The molecule has 1 aliphatic rings. The van der Waals surface area contributed by atoms with E-state index in [0.29, 0.717) is 0 Å². The quantitative estimate of drug-likeness (QED) is 0.691. The summed E-state index contributed by atoms with van der Waals surface area (Å²) in [5.41, 5.74) is 3.39. The molecule has 0 saturated heterocycles. The summed E-state index contributed by atoms with van der Waals surface area (Å²) in [5.74, 6) is 0. The number of allylic oxidation sites excluding steroid dienone is 2. The summed E-state index contributed by atoms with van der Waals surface area (Å²) in [6, 6.07) is 5.91. The fourth-order valence-corrected chi connectivity index (χ4v) is 1.77. The maximum Gasteiger partial charge on any atom is 0.102 e. The van der Waals surface area contributed by atoms with Crippen molar-refractivity contribution in [3.8, 4) is 0 Å². The molecule has 0 spiro atoms. The van der Waals surface area contributed by atoms with Gasteiger partial charge in [-0.25, -0.2) is 0 Å². The molecule has 2 rings (SSSR count). The van der Waals surface area contributed by atoms with Crippen LogP contribution in [0.2, 0.25) is 0 Å². The van der Waals surface area contributed by atoms with Crippen molar-refractivity contribution in [2.24, 2.45) is 0 Å². The first-order valence-corrected chi connectivity index (χ1v) is 4.87. The second-order valence-corrected chi connectivity index (χ2v) is 3.61. The Morgan fingerprint density at radius 2 is 1.86 bits per heavy atom. The fraction of sp³-hybridized carbons (Fsp3) is 0.333. The van der Waals surface area contributed by atoms with E-state index in [9.17, 15) is 5.11 Å². The first-order valence-electron chi connectivity index (χ1n) is 4.87. The lowest BCUT2D eigenvalue weighted by Gasteiger charge is -2.14. The van der Waals surface area contributed by atoms with Gasteiger partial charge in [0.1, 0.15) is 6.10 Å². The molecule has 2 N–H and O–H groups in total. The average Bonchev–Trinajstić information content (AvgIpc) is 2.27. The highest BCUT2D eigenvalue weighted by atomic mass is 16.3. The molecule has 0 aromatic heterocycles. The molecule has 0 saturated carbocycles. The van der Waals surface area contributed by atoms with Crippen LogP contribution in [0.4, 0.5) is 0 Å². The Morgan fingerprint density at radius 1 is 1.14 bits per heavy atom. The normalized spacial score (nSPS) is 16.4. The number of aliphatic hydroxyl groups excluding tert-OH is 2. The second-order valence-electron chi connectivity index (χ2n) is 3.61. The van der Waals surface area contributed by atoms with Crippen molar-refractivity contribution < 1.29 is 10.2 Å². The van der Waals surface area contributed by atoms with Crippen molar-refractivity contribution in [3.05, 3.63) is 47.0 Å². The van der Waals surface area contributed by atoms with Gasteiger partial charge in [0, 0.05) is 0 Å². The SMILES string of the molecule is OCC(O)c1ccc2c(c1)CC=CC2. The van der Waals surface area contributed by atoms with Crippen LogP contribution in [0.5, 0.6) is 0 Å². The Kier molecular flexibility index (Phi) is 2.66. The predicted molar refractivity (Wildman–Crippen MR) is 55.0 cm³/mol. The zero-order valence-corrected chi connectivity index (χ0v) is 7.98. The summed E-state index contributed by atoms with van der Waals surface area (Å²) in [6.45, 7) is -0.214. The van der Waals surface area contributed by atoms with Gasteiger partial charge >= 0.3 is 0 Å². The van der Waals surface area contributed by atoms with Crippen LogP contribution in [0.25, 0.3) is 0 Å². The Bertz CT molecular complexity index is 355. The number of aliphatic hydroxyl groups is 2. The largest absolute Gasteiger partial charge is 0.393 e. The summed E-state index contributed by atoms with van der Waals surface area (Å²) >= 11 is 0. The van der Waals surface area contributed by atoms with Crippen LogP contribution in [0.3, 0.4) is 0 Å². The topological polar surface area (TPSA) is 40.5 Å². The third kappa shape index (κ3) is 1.72. The van der Waals surface area contributed by atoms with Crippen LogP contribution in [0.1, 0.15) is 22.8 Å². The van der Waals surface area contributed by atoms with Gasteiger partial charge in [0.05, 0.1) is 6.61 Å². The van der Waals surface area contributed by atoms with Crippen LogP contribution in [0, 0.1) is 0 Å². The van der Waals surface area contributed by atoms with Gasteiger partial charge in [-0.05, 0) is 29.5 Å². The number of hydrogen-bond acceptors (Lipinski definition) is 2. The van der Waals surface area contributed by atoms with E-state index < -0.39 is 6.10 Å². The molecule has 2 nitrogen and oxygen atoms in total. The van der Waals surface area contributed by atoms with E-state index >= 15 is 0 Å². The lowest BCUT2D eigenvalue weighted by Crippen LogP contribution is -2.05. The van der Waals surface area contributed by atoms with Crippen molar-refractivity contribution >= 4 is 0 Å². The summed E-state index contributed by atoms with van der Waals surface area (Å²) in [4.78, 5) is 0. The van der Waals surface area contributed by atoms with E-state index in [1.807, 2.05) is 18.2 Å². The fourth-order valence-electron chi connectivity index (χ4n) is 1.77. The van der Waals surface area contributed by atoms with Gasteiger partial charge in [-0.3, -0.25) is 0 Å². The summed E-state index contributed by atoms with van der Waals surface area (Å²) < 4.78 is 0. The Balaban J connectivity index is 2.31. The first kappa shape index (κ1) is 9.44. The van der Waals surface area contributed by atoms with Crippen molar-refractivity contribution in [1.82, 2.24) is 0 Å². The zero-order chi connectivity index (χ0) is 9.97. The van der Waals surface area contributed by atoms with E-state index in [0.717, 1.165) is 18.4 Å². The molecule has 14 heavy (non-hydrogen) atoms. The van der Waals surface area contributed by atoms with Gasteiger partial charge in [0.25, 0.3) is 0 Å². The van der Waals surface area contributed by atoms with Crippen LogP contribution in [0.15, 0.2) is 30.4 Å². The number of hydrogen-bond donors (Lipinski definition) is 2. The lowest BCUT2D eigenvalue weighted by atomic mass is 9.93. The Labute approximate surface area is 83.5 Å². The monoisotopic (exact) mass is 190 g/mol. The molecule has 0 heterocycles. The maximum atomic E-state index is 9.46. The van der Waals surface area contributed by atoms with Crippen LogP contribution >= 0.6 is 0 Å². The standard InChI is InChI=1S/C12H14O2/c13-8-12(14)11-6-5-9-3-1-2-4-10(9)7-11/h1-2,5-7,12-14H,3-4,8H2. The van der Waals surface area contributed by atoms with Crippen molar-refractivity contribution in [3.63, 3.8) is 0 Å². The molecule has 0 fully saturated rings. The smallest absolute Gasteiger partial charge is 0.102 e. The van der Waals surface area contributed by atoms with Gasteiger partial charge in [-0.1, -0.05) is 30.4 Å². The third-order valence-electron chi connectivity index (χ3n) is 2.63.